The van der Waals surface area contributed by atoms with Gasteiger partial charge in [0.1, 0.15) is 11.5 Å². The van der Waals surface area contributed by atoms with Gasteiger partial charge in [0.15, 0.2) is 0 Å². The fraction of sp³-hybridized carbons (Fsp3) is 0.556. The predicted molar refractivity (Wildman–Crippen MR) is 84.2 cm³/mol. The number of rotatable bonds is 2. The molecule has 5 rings (SSSR count). The summed E-state index contributed by atoms with van der Waals surface area (Å²) < 4.78 is 28.2. The summed E-state index contributed by atoms with van der Waals surface area (Å²) in [5.74, 6) is 1.75. The second-order valence-electron chi connectivity index (χ2n) is 6.93. The fourth-order valence-electron chi connectivity index (χ4n) is 4.99. The van der Waals surface area contributed by atoms with E-state index in [4.69, 9.17) is 20.5 Å². The zero-order valence-corrected chi connectivity index (χ0v) is 12.6. The molecular weight excluding hydrogens is 284 g/mol. The molecule has 0 heterocycles. The average Bonchev–Trinajstić information content (AvgIpc) is 2.42. The third-order valence-electron chi connectivity index (χ3n) is 5.47. The van der Waals surface area contributed by atoms with Crippen molar-refractivity contribution >= 4 is 17.4 Å². The van der Waals surface area contributed by atoms with Crippen molar-refractivity contribution in [2.75, 3.05) is 7.04 Å². The number of aromatic hydroxyl groups is 1. The maximum absolute atomic E-state index is 9.81. The normalized spacial score (nSPS) is 39.6. The maximum atomic E-state index is 9.81. The molecule has 1 aromatic carbocycles. The molecule has 1 aromatic rings. The van der Waals surface area contributed by atoms with Crippen molar-refractivity contribution in [1.82, 2.24) is 0 Å². The minimum absolute atomic E-state index is 0.109. The van der Waals surface area contributed by atoms with Gasteiger partial charge in [0.05, 0.1) is 11.2 Å². The molecule has 2 nitrogen and oxygen atoms in total. The minimum Gasteiger partial charge on any atom is -0.508 e. The van der Waals surface area contributed by atoms with Crippen molar-refractivity contribution in [1.29, 1.82) is 0 Å². The number of phenols is 1. The second-order valence-corrected chi connectivity index (χ2v) is 7.73. The van der Waals surface area contributed by atoms with Gasteiger partial charge in [-0.3, -0.25) is 0 Å². The molecule has 2 atom stereocenters. The largest absolute Gasteiger partial charge is 0.508 e. The smallest absolute Gasteiger partial charge is 0.125 e. The number of benzene rings is 1. The summed E-state index contributed by atoms with van der Waals surface area (Å²) in [7, 11) is -2.51. The van der Waals surface area contributed by atoms with Crippen molar-refractivity contribution in [3.8, 4) is 5.75 Å². The van der Waals surface area contributed by atoms with Crippen molar-refractivity contribution in [3.63, 3.8) is 0 Å². The topological polar surface area (TPSA) is 29.5 Å². The van der Waals surface area contributed by atoms with Gasteiger partial charge in [-0.25, -0.2) is 0 Å². The first-order valence-electron chi connectivity index (χ1n) is 9.14. The van der Waals surface area contributed by atoms with Crippen LogP contribution in [0.3, 0.4) is 0 Å². The highest BCUT2D eigenvalue weighted by atomic mass is 35.5. The molecule has 1 N–H and O–H groups in total. The van der Waals surface area contributed by atoms with E-state index in [0.29, 0.717) is 17.2 Å². The maximum Gasteiger partial charge on any atom is 0.125 e. The molecule has 4 aliphatic carbocycles. The van der Waals surface area contributed by atoms with E-state index in [1.54, 1.807) is 24.3 Å². The Morgan fingerprint density at radius 2 is 2.10 bits per heavy atom. The summed E-state index contributed by atoms with van der Waals surface area (Å²) in [5, 5.41) is 9.81. The van der Waals surface area contributed by atoms with Gasteiger partial charge in [-0.1, -0.05) is 12.1 Å². The van der Waals surface area contributed by atoms with E-state index in [1.165, 1.54) is 0 Å². The van der Waals surface area contributed by atoms with E-state index in [-0.39, 0.29) is 22.5 Å². The lowest BCUT2D eigenvalue weighted by atomic mass is 9.53. The molecule has 0 aromatic heterocycles. The van der Waals surface area contributed by atoms with Crippen LogP contribution in [0.4, 0.5) is 0 Å². The van der Waals surface area contributed by atoms with Crippen LogP contribution in [0, 0.1) is 17.8 Å². The van der Waals surface area contributed by atoms with E-state index in [9.17, 15) is 5.11 Å². The monoisotopic (exact) mass is 307 g/mol. The highest BCUT2D eigenvalue weighted by Gasteiger charge is 2.53. The first-order valence-corrected chi connectivity index (χ1v) is 8.02. The standard InChI is InChI=1S/C18H21ClO2/c1-21-17(12-3-2-4-15(20)7-12)16-13-5-11-6-14(16)10-18(19,8-11)9-13/h2-4,7,11,13-14,20H,5-6,8-10H2,1H3/i1D3. The van der Waals surface area contributed by atoms with Crippen LogP contribution in [-0.4, -0.2) is 17.0 Å². The van der Waals surface area contributed by atoms with E-state index >= 15 is 0 Å². The lowest BCUT2D eigenvalue weighted by Gasteiger charge is -2.55. The van der Waals surface area contributed by atoms with Gasteiger partial charge in [0.25, 0.3) is 0 Å². The molecule has 0 spiro atoms. The third kappa shape index (κ3) is 2.15. The van der Waals surface area contributed by atoms with Crippen LogP contribution in [0.1, 0.15) is 41.8 Å². The summed E-state index contributed by atoms with van der Waals surface area (Å²) >= 11 is 6.79. The zero-order valence-electron chi connectivity index (χ0n) is 14.8. The van der Waals surface area contributed by atoms with Gasteiger partial charge in [-0.15, -0.1) is 11.6 Å². The van der Waals surface area contributed by atoms with Crippen molar-refractivity contribution in [3.05, 3.63) is 35.4 Å². The predicted octanol–water partition coefficient (Wildman–Crippen LogP) is 4.57. The highest BCUT2D eigenvalue weighted by Crippen LogP contribution is 2.61. The number of ether oxygens (including phenoxy) is 1. The van der Waals surface area contributed by atoms with Crippen LogP contribution in [0.5, 0.6) is 5.75 Å². The molecule has 4 fully saturated rings. The Bertz CT molecular complexity index is 680. The van der Waals surface area contributed by atoms with Crippen LogP contribution < -0.4 is 0 Å². The average molecular weight is 308 g/mol. The lowest BCUT2D eigenvalue weighted by Crippen LogP contribution is -2.48. The molecule has 0 radical (unpaired) electrons. The molecular formula is C18H21ClO2. The summed E-state index contributed by atoms with van der Waals surface area (Å²) in [4.78, 5) is -0.121. The third-order valence-corrected chi connectivity index (χ3v) is 5.93. The molecule has 4 bridgehead atoms. The number of halogens is 1. The van der Waals surface area contributed by atoms with Crippen LogP contribution >= 0.6 is 11.6 Å². The molecule has 3 heteroatoms. The summed E-state index contributed by atoms with van der Waals surface area (Å²) in [6.45, 7) is 0. The van der Waals surface area contributed by atoms with Gasteiger partial charge in [0.2, 0.25) is 0 Å². The van der Waals surface area contributed by atoms with Crippen LogP contribution in [0.15, 0.2) is 29.8 Å². The van der Waals surface area contributed by atoms with Crippen LogP contribution in [0.25, 0.3) is 5.76 Å². The first-order chi connectivity index (χ1) is 11.2. The molecule has 0 amide bonds. The Morgan fingerprint density at radius 3 is 2.71 bits per heavy atom. The van der Waals surface area contributed by atoms with E-state index in [1.807, 2.05) is 0 Å². The number of phenolic OH excluding ortho intramolecular Hbond substituents is 1. The molecule has 21 heavy (non-hydrogen) atoms. The number of hydrogen-bond acceptors (Lipinski definition) is 2. The van der Waals surface area contributed by atoms with Crippen LogP contribution in [-0.2, 0) is 4.74 Å². The minimum atomic E-state index is -2.51. The first kappa shape index (κ1) is 10.6. The Kier molecular flexibility index (Phi) is 2.35. The van der Waals surface area contributed by atoms with E-state index < -0.39 is 7.04 Å². The van der Waals surface area contributed by atoms with Gasteiger partial charge < -0.3 is 9.84 Å². The second kappa shape index (κ2) is 4.67. The van der Waals surface area contributed by atoms with Crippen molar-refractivity contribution in [2.45, 2.75) is 37.0 Å². The van der Waals surface area contributed by atoms with Crippen molar-refractivity contribution in [2.24, 2.45) is 17.8 Å². The Morgan fingerprint density at radius 1 is 1.33 bits per heavy atom. The molecule has 4 aliphatic rings. The summed E-state index contributed by atoms with van der Waals surface area (Å²) in [5.41, 5.74) is 1.74. The summed E-state index contributed by atoms with van der Waals surface area (Å²) in [6, 6.07) is 6.67. The molecule has 0 saturated heterocycles. The molecule has 4 saturated carbocycles. The quantitative estimate of drug-likeness (QED) is 0.641. The highest BCUT2D eigenvalue weighted by molar-refractivity contribution is 6.24. The SMILES string of the molecule is [2H]C([2H])([2H])OC(=C1C2CC3CC1CC(Cl)(C3)C2)c1cccc(O)c1. The van der Waals surface area contributed by atoms with E-state index in [0.717, 1.165) is 37.7 Å². The number of hydrogen-bond donors (Lipinski definition) is 1. The van der Waals surface area contributed by atoms with Crippen LogP contribution in [0.2, 0.25) is 0 Å². The summed E-state index contributed by atoms with van der Waals surface area (Å²) in [6.07, 6.45) is 4.99. The van der Waals surface area contributed by atoms with Gasteiger partial charge in [-0.2, -0.15) is 0 Å². The number of alkyl halides is 1. The van der Waals surface area contributed by atoms with Gasteiger partial charge in [0, 0.05) is 10.4 Å². The van der Waals surface area contributed by atoms with Gasteiger partial charge in [-0.05, 0) is 67.6 Å². The number of methoxy groups -OCH3 is 1. The number of allylic oxidation sites excluding steroid dienone is 1. The zero-order chi connectivity index (χ0) is 17.1. The van der Waals surface area contributed by atoms with Gasteiger partial charge >= 0.3 is 0 Å². The Labute approximate surface area is 135 Å². The Hall–Kier alpha value is -1.15. The lowest BCUT2D eigenvalue weighted by molar-refractivity contribution is 0.0843. The molecule has 112 valence electrons. The van der Waals surface area contributed by atoms with Crippen molar-refractivity contribution < 1.29 is 14.0 Å². The Balaban J connectivity index is 1.82. The molecule has 0 aliphatic heterocycles. The molecule has 2 unspecified atom stereocenters. The van der Waals surface area contributed by atoms with E-state index in [2.05, 4.69) is 0 Å². The fourth-order valence-corrected chi connectivity index (χ4v) is 5.59.